The van der Waals surface area contributed by atoms with Crippen molar-refractivity contribution < 1.29 is 13.5 Å². The van der Waals surface area contributed by atoms with E-state index in [0.717, 1.165) is 4.57 Å². The Labute approximate surface area is 113 Å². The third-order valence-corrected chi connectivity index (χ3v) is 2.95. The van der Waals surface area contributed by atoms with Gasteiger partial charge in [0.05, 0.1) is 0 Å². The zero-order valence-corrected chi connectivity index (χ0v) is 10.6. The predicted octanol–water partition coefficient (Wildman–Crippen LogP) is 2.97. The molecule has 0 amide bonds. The first-order valence-electron chi connectivity index (χ1n) is 5.53. The van der Waals surface area contributed by atoms with Crippen molar-refractivity contribution in [3.05, 3.63) is 47.0 Å². The van der Waals surface area contributed by atoms with Gasteiger partial charge in [0.25, 0.3) is 0 Å². The van der Waals surface area contributed by atoms with Crippen LogP contribution in [0.5, 0.6) is 5.75 Å². The molecule has 0 radical (unpaired) electrons. The molecule has 7 heteroatoms. The van der Waals surface area contributed by atoms with Gasteiger partial charge in [-0.25, -0.2) is 4.98 Å². The van der Waals surface area contributed by atoms with Gasteiger partial charge in [0.2, 0.25) is 0 Å². The summed E-state index contributed by atoms with van der Waals surface area (Å²) < 4.78 is 31.5. The van der Waals surface area contributed by atoms with Crippen molar-refractivity contribution in [2.45, 2.75) is 19.7 Å². The van der Waals surface area contributed by atoms with Crippen molar-refractivity contribution in [3.8, 4) is 5.75 Å². The molecule has 1 aromatic heterocycles. The lowest BCUT2D eigenvalue weighted by atomic mass is 10.2. The Morgan fingerprint density at radius 1 is 1.42 bits per heavy atom. The van der Waals surface area contributed by atoms with Crippen LogP contribution in [-0.2, 0) is 13.2 Å². The second kappa shape index (κ2) is 5.99. The molecule has 0 aliphatic heterocycles. The Bertz CT molecular complexity index is 560. The van der Waals surface area contributed by atoms with E-state index < -0.39 is 6.55 Å². The number of hydrogen-bond acceptors (Lipinski definition) is 3. The van der Waals surface area contributed by atoms with Gasteiger partial charge in [0, 0.05) is 29.5 Å². The zero-order valence-electron chi connectivity index (χ0n) is 9.89. The molecule has 4 nitrogen and oxygen atoms in total. The number of nitrogens with zero attached hydrogens (tertiary/aromatic N) is 2. The van der Waals surface area contributed by atoms with Crippen molar-refractivity contribution in [1.82, 2.24) is 9.55 Å². The third kappa shape index (κ3) is 3.02. The summed E-state index contributed by atoms with van der Waals surface area (Å²) in [6, 6.07) is 5.08. The summed E-state index contributed by atoms with van der Waals surface area (Å²) >= 11 is 5.97. The Kier molecular flexibility index (Phi) is 4.34. The van der Waals surface area contributed by atoms with E-state index in [-0.39, 0.29) is 19.0 Å². The SMILES string of the molecule is NCc1c(Cl)cccc1OCc1nccn1C(F)F. The van der Waals surface area contributed by atoms with Crippen molar-refractivity contribution >= 4 is 11.6 Å². The number of ether oxygens (including phenoxy) is 1. The minimum absolute atomic E-state index is 0.0787. The number of imidazole rings is 1. The first-order valence-corrected chi connectivity index (χ1v) is 5.91. The van der Waals surface area contributed by atoms with Gasteiger partial charge >= 0.3 is 6.55 Å². The van der Waals surface area contributed by atoms with E-state index in [0.29, 0.717) is 16.3 Å². The van der Waals surface area contributed by atoms with E-state index in [9.17, 15) is 8.78 Å². The second-order valence-corrected chi connectivity index (χ2v) is 4.14. The van der Waals surface area contributed by atoms with Crippen LogP contribution in [0.1, 0.15) is 17.9 Å². The maximum atomic E-state index is 12.6. The average Bonchev–Trinajstić information content (AvgIpc) is 2.84. The molecule has 2 aromatic rings. The topological polar surface area (TPSA) is 53.1 Å². The third-order valence-electron chi connectivity index (χ3n) is 2.60. The lowest BCUT2D eigenvalue weighted by Gasteiger charge is -2.12. The Hall–Kier alpha value is -1.66. The van der Waals surface area contributed by atoms with Crippen LogP contribution in [0.15, 0.2) is 30.6 Å². The summed E-state index contributed by atoms with van der Waals surface area (Å²) in [4.78, 5) is 3.82. The van der Waals surface area contributed by atoms with E-state index in [1.807, 2.05) is 0 Å². The molecule has 0 aliphatic carbocycles. The van der Waals surface area contributed by atoms with E-state index in [4.69, 9.17) is 22.1 Å². The molecular formula is C12H12ClF2N3O. The average molecular weight is 288 g/mol. The molecule has 2 rings (SSSR count). The molecule has 19 heavy (non-hydrogen) atoms. The van der Waals surface area contributed by atoms with Gasteiger partial charge in [-0.15, -0.1) is 0 Å². The van der Waals surface area contributed by atoms with E-state index in [1.165, 1.54) is 12.4 Å². The number of nitrogens with two attached hydrogens (primary N) is 1. The normalized spacial score (nSPS) is 11.0. The van der Waals surface area contributed by atoms with Crippen LogP contribution in [0.3, 0.4) is 0 Å². The maximum absolute atomic E-state index is 12.6. The molecule has 0 bridgehead atoms. The van der Waals surface area contributed by atoms with Gasteiger partial charge in [0.15, 0.2) is 5.82 Å². The monoisotopic (exact) mass is 287 g/mol. The van der Waals surface area contributed by atoms with Crippen LogP contribution >= 0.6 is 11.6 Å². The van der Waals surface area contributed by atoms with Crippen molar-refractivity contribution in [3.63, 3.8) is 0 Å². The number of rotatable bonds is 5. The minimum Gasteiger partial charge on any atom is -0.485 e. The van der Waals surface area contributed by atoms with Crippen LogP contribution in [0.4, 0.5) is 8.78 Å². The van der Waals surface area contributed by atoms with Gasteiger partial charge in [-0.1, -0.05) is 17.7 Å². The molecule has 1 heterocycles. The molecule has 0 saturated carbocycles. The molecule has 1 aromatic carbocycles. The van der Waals surface area contributed by atoms with Crippen molar-refractivity contribution in [2.75, 3.05) is 0 Å². The summed E-state index contributed by atoms with van der Waals surface area (Å²) in [5, 5.41) is 0.484. The molecule has 0 aliphatic rings. The highest BCUT2D eigenvalue weighted by molar-refractivity contribution is 6.31. The highest BCUT2D eigenvalue weighted by Crippen LogP contribution is 2.26. The molecule has 102 valence electrons. The van der Waals surface area contributed by atoms with Crippen LogP contribution in [0.2, 0.25) is 5.02 Å². The van der Waals surface area contributed by atoms with Crippen molar-refractivity contribution in [1.29, 1.82) is 0 Å². The largest absolute Gasteiger partial charge is 0.485 e. The first kappa shape index (κ1) is 13.8. The Morgan fingerprint density at radius 3 is 2.89 bits per heavy atom. The quantitative estimate of drug-likeness (QED) is 0.920. The lowest BCUT2D eigenvalue weighted by molar-refractivity contribution is 0.0632. The number of halogens is 3. The fourth-order valence-electron chi connectivity index (χ4n) is 1.65. The standard InChI is InChI=1S/C12H12ClF2N3O/c13-9-2-1-3-10(8(9)6-16)19-7-11-17-4-5-18(11)12(14)15/h1-5,12H,6-7,16H2. The van der Waals surface area contributed by atoms with Gasteiger partial charge in [-0.3, -0.25) is 4.57 Å². The smallest absolute Gasteiger partial charge is 0.320 e. The molecule has 0 unspecified atom stereocenters. The molecule has 2 N–H and O–H groups in total. The molecule has 0 spiro atoms. The maximum Gasteiger partial charge on any atom is 0.320 e. The Morgan fingerprint density at radius 2 is 2.21 bits per heavy atom. The highest BCUT2D eigenvalue weighted by atomic mass is 35.5. The summed E-state index contributed by atoms with van der Waals surface area (Å²) in [6.45, 7) is -2.52. The summed E-state index contributed by atoms with van der Waals surface area (Å²) in [6.07, 6.45) is 2.50. The van der Waals surface area contributed by atoms with Crippen molar-refractivity contribution in [2.24, 2.45) is 5.73 Å². The van der Waals surface area contributed by atoms with E-state index >= 15 is 0 Å². The molecule has 0 atom stereocenters. The fourth-order valence-corrected chi connectivity index (χ4v) is 1.89. The van der Waals surface area contributed by atoms with Gasteiger partial charge in [-0.05, 0) is 12.1 Å². The number of alkyl halides is 2. The predicted molar refractivity (Wildman–Crippen MR) is 67.2 cm³/mol. The molecule has 0 fully saturated rings. The molecular weight excluding hydrogens is 276 g/mol. The highest BCUT2D eigenvalue weighted by Gasteiger charge is 2.13. The van der Waals surface area contributed by atoms with E-state index in [2.05, 4.69) is 4.98 Å². The van der Waals surface area contributed by atoms with Crippen LogP contribution in [0, 0.1) is 0 Å². The van der Waals surface area contributed by atoms with Crippen LogP contribution < -0.4 is 10.5 Å². The van der Waals surface area contributed by atoms with Crippen LogP contribution in [-0.4, -0.2) is 9.55 Å². The number of benzene rings is 1. The van der Waals surface area contributed by atoms with Gasteiger partial charge < -0.3 is 10.5 Å². The molecule has 0 saturated heterocycles. The van der Waals surface area contributed by atoms with E-state index in [1.54, 1.807) is 18.2 Å². The lowest BCUT2D eigenvalue weighted by Crippen LogP contribution is -2.09. The number of aromatic nitrogens is 2. The minimum atomic E-state index is -2.64. The zero-order chi connectivity index (χ0) is 13.8. The summed E-state index contributed by atoms with van der Waals surface area (Å²) in [5.41, 5.74) is 6.21. The first-order chi connectivity index (χ1) is 9.13. The fraction of sp³-hybridized carbons (Fsp3) is 0.250. The summed E-state index contributed by atoms with van der Waals surface area (Å²) in [5.74, 6) is 0.608. The van der Waals surface area contributed by atoms with Crippen LogP contribution in [0.25, 0.3) is 0 Å². The van der Waals surface area contributed by atoms with Gasteiger partial charge in [0.1, 0.15) is 12.4 Å². The Balaban J connectivity index is 2.15. The number of hydrogen-bond donors (Lipinski definition) is 1. The summed E-state index contributed by atoms with van der Waals surface area (Å²) in [7, 11) is 0. The second-order valence-electron chi connectivity index (χ2n) is 3.74. The van der Waals surface area contributed by atoms with Gasteiger partial charge in [-0.2, -0.15) is 8.78 Å².